The summed E-state index contributed by atoms with van der Waals surface area (Å²) in [7, 11) is 0. The van der Waals surface area contributed by atoms with Crippen LogP contribution in [0.1, 0.15) is 17.8 Å². The zero-order valence-electron chi connectivity index (χ0n) is 13.4. The van der Waals surface area contributed by atoms with E-state index in [-0.39, 0.29) is 0 Å². The summed E-state index contributed by atoms with van der Waals surface area (Å²) < 4.78 is 4.82. The van der Waals surface area contributed by atoms with Crippen molar-refractivity contribution < 1.29 is 4.57 Å². The second-order valence-corrected chi connectivity index (χ2v) is 7.06. The molecule has 0 fully saturated rings. The molecule has 0 spiro atoms. The lowest BCUT2D eigenvalue weighted by atomic mass is 10.1. The molecule has 0 atom stereocenters. The Morgan fingerprint density at radius 3 is 2.62 bits per heavy atom. The minimum Gasteiger partial charge on any atom is -0.233 e. The molecule has 4 heteroatoms. The number of benzene rings is 2. The van der Waals surface area contributed by atoms with E-state index in [2.05, 4.69) is 51.7 Å². The highest BCUT2D eigenvalue weighted by molar-refractivity contribution is 6.42. The van der Waals surface area contributed by atoms with Gasteiger partial charge in [-0.15, -0.1) is 0 Å². The standard InChI is InChI=1S/C20H19Cl2N2/c21-17-9-8-16(13-18(17)22)19-14-23(20-7-4-11-24(19)20)12-10-15-5-2-1-3-6-15/h1-3,5-6,8-9,13-14H,4,7,10-12H2/q+1. The Bertz CT molecular complexity index is 869. The molecular formula is C20H19Cl2N2+. The lowest BCUT2D eigenvalue weighted by Crippen LogP contribution is -2.37. The van der Waals surface area contributed by atoms with Crippen molar-refractivity contribution in [2.45, 2.75) is 32.4 Å². The second-order valence-electron chi connectivity index (χ2n) is 6.24. The zero-order valence-corrected chi connectivity index (χ0v) is 14.9. The van der Waals surface area contributed by atoms with Crippen LogP contribution in [0.3, 0.4) is 0 Å². The lowest BCUT2D eigenvalue weighted by Gasteiger charge is -2.01. The van der Waals surface area contributed by atoms with E-state index in [1.54, 1.807) is 0 Å². The Balaban J connectivity index is 1.66. The van der Waals surface area contributed by atoms with Gasteiger partial charge in [-0.2, -0.15) is 0 Å². The molecule has 0 saturated carbocycles. The van der Waals surface area contributed by atoms with Crippen molar-refractivity contribution in [3.8, 4) is 11.3 Å². The van der Waals surface area contributed by atoms with Crippen molar-refractivity contribution in [3.05, 3.63) is 76.2 Å². The van der Waals surface area contributed by atoms with Gasteiger partial charge in [0, 0.05) is 12.0 Å². The maximum Gasteiger partial charge on any atom is 0.257 e. The highest BCUT2D eigenvalue weighted by Crippen LogP contribution is 2.30. The van der Waals surface area contributed by atoms with Gasteiger partial charge in [0.25, 0.3) is 5.82 Å². The molecular weight excluding hydrogens is 339 g/mol. The summed E-state index contributed by atoms with van der Waals surface area (Å²) in [5.74, 6) is 1.41. The van der Waals surface area contributed by atoms with Crippen molar-refractivity contribution in [1.82, 2.24) is 4.57 Å². The quantitative estimate of drug-likeness (QED) is 0.584. The van der Waals surface area contributed by atoms with Gasteiger partial charge in [-0.25, -0.2) is 9.13 Å². The van der Waals surface area contributed by atoms with Crippen molar-refractivity contribution in [2.75, 3.05) is 0 Å². The number of aryl methyl sites for hydroxylation is 2. The number of hydrogen-bond donors (Lipinski definition) is 0. The third-order valence-corrected chi connectivity index (χ3v) is 5.43. The first kappa shape index (κ1) is 15.7. The first-order chi connectivity index (χ1) is 11.7. The van der Waals surface area contributed by atoms with Gasteiger partial charge in [-0.3, -0.25) is 0 Å². The molecule has 2 nitrogen and oxygen atoms in total. The van der Waals surface area contributed by atoms with Crippen molar-refractivity contribution in [1.29, 1.82) is 0 Å². The first-order valence-corrected chi connectivity index (χ1v) is 9.09. The fourth-order valence-corrected chi connectivity index (χ4v) is 3.78. The Morgan fingerprint density at radius 1 is 1.00 bits per heavy atom. The average Bonchev–Trinajstić information content (AvgIpc) is 3.19. The van der Waals surface area contributed by atoms with Crippen molar-refractivity contribution in [2.24, 2.45) is 0 Å². The summed E-state index contributed by atoms with van der Waals surface area (Å²) in [5, 5.41) is 1.21. The molecule has 1 aliphatic rings. The molecule has 0 N–H and O–H groups in total. The van der Waals surface area contributed by atoms with Crippen LogP contribution >= 0.6 is 23.2 Å². The van der Waals surface area contributed by atoms with E-state index in [1.165, 1.54) is 23.5 Å². The van der Waals surface area contributed by atoms with Gasteiger partial charge in [0.05, 0.1) is 29.6 Å². The number of nitrogens with zero attached hydrogens (tertiary/aromatic N) is 2. The summed E-state index contributed by atoms with van der Waals surface area (Å²) in [5.41, 5.74) is 3.74. The number of aromatic nitrogens is 2. The number of fused-ring (bicyclic) bond motifs is 1. The predicted molar refractivity (Wildman–Crippen MR) is 98.6 cm³/mol. The van der Waals surface area contributed by atoms with Gasteiger partial charge in [-0.05, 0) is 30.2 Å². The fraction of sp³-hybridized carbons (Fsp3) is 0.250. The second kappa shape index (κ2) is 6.62. The van der Waals surface area contributed by atoms with Crippen LogP contribution in [0.5, 0.6) is 0 Å². The van der Waals surface area contributed by atoms with E-state index in [0.29, 0.717) is 10.0 Å². The van der Waals surface area contributed by atoms with Crippen LogP contribution < -0.4 is 4.57 Å². The Hall–Kier alpha value is -1.77. The minimum absolute atomic E-state index is 0.602. The van der Waals surface area contributed by atoms with Crippen LogP contribution in [0.15, 0.2) is 54.7 Å². The van der Waals surface area contributed by atoms with E-state index in [4.69, 9.17) is 23.2 Å². The van der Waals surface area contributed by atoms with Crippen LogP contribution in [0, 0.1) is 0 Å². The molecule has 0 amide bonds. The Morgan fingerprint density at radius 2 is 1.83 bits per heavy atom. The van der Waals surface area contributed by atoms with Gasteiger partial charge in [0.2, 0.25) is 0 Å². The van der Waals surface area contributed by atoms with E-state index in [1.807, 2.05) is 12.1 Å². The van der Waals surface area contributed by atoms with Crippen LogP contribution in [0.4, 0.5) is 0 Å². The summed E-state index contributed by atoms with van der Waals surface area (Å²) in [4.78, 5) is 0. The lowest BCUT2D eigenvalue weighted by molar-refractivity contribution is -0.702. The molecule has 1 aliphatic heterocycles. The van der Waals surface area contributed by atoms with Gasteiger partial charge in [0.15, 0.2) is 5.69 Å². The third kappa shape index (κ3) is 2.97. The molecule has 122 valence electrons. The minimum atomic E-state index is 0.602. The van der Waals surface area contributed by atoms with Gasteiger partial charge in [0.1, 0.15) is 6.20 Å². The number of imidazole rings is 1. The summed E-state index contributed by atoms with van der Waals surface area (Å²) in [6, 6.07) is 16.5. The van der Waals surface area contributed by atoms with Crippen molar-refractivity contribution in [3.63, 3.8) is 0 Å². The van der Waals surface area contributed by atoms with E-state index >= 15 is 0 Å². The van der Waals surface area contributed by atoms with Crippen LogP contribution in [0.2, 0.25) is 10.0 Å². The molecule has 0 bridgehead atoms. The SMILES string of the molecule is Clc1ccc(-c2c[n+](CCc3ccccc3)c3n2CCC3)cc1Cl. The Kier molecular flexibility index (Phi) is 4.34. The number of halogens is 2. The molecule has 0 radical (unpaired) electrons. The molecule has 24 heavy (non-hydrogen) atoms. The Labute approximate surface area is 152 Å². The summed E-state index contributed by atoms with van der Waals surface area (Å²) >= 11 is 12.3. The van der Waals surface area contributed by atoms with Crippen LogP contribution in [-0.2, 0) is 25.9 Å². The van der Waals surface area contributed by atoms with E-state index < -0.39 is 0 Å². The molecule has 4 rings (SSSR count). The molecule has 1 aromatic heterocycles. The molecule has 2 aromatic carbocycles. The zero-order chi connectivity index (χ0) is 16.5. The van der Waals surface area contributed by atoms with Crippen LogP contribution in [-0.4, -0.2) is 4.57 Å². The summed E-state index contributed by atoms with van der Waals surface area (Å²) in [6.07, 6.45) is 5.65. The molecule has 0 unspecified atom stereocenters. The molecule has 2 heterocycles. The van der Waals surface area contributed by atoms with Crippen molar-refractivity contribution >= 4 is 23.2 Å². The third-order valence-electron chi connectivity index (χ3n) is 4.69. The molecule has 0 saturated heterocycles. The molecule has 3 aromatic rings. The van der Waals surface area contributed by atoms with E-state index in [9.17, 15) is 0 Å². The normalized spacial score (nSPS) is 13.2. The van der Waals surface area contributed by atoms with E-state index in [0.717, 1.165) is 31.5 Å². The summed E-state index contributed by atoms with van der Waals surface area (Å²) in [6.45, 7) is 2.07. The first-order valence-electron chi connectivity index (χ1n) is 8.33. The number of hydrogen-bond acceptors (Lipinski definition) is 0. The highest BCUT2D eigenvalue weighted by atomic mass is 35.5. The topological polar surface area (TPSA) is 8.81 Å². The largest absolute Gasteiger partial charge is 0.257 e. The average molecular weight is 358 g/mol. The predicted octanol–water partition coefficient (Wildman–Crippen LogP) is 4.94. The van der Waals surface area contributed by atoms with Gasteiger partial charge >= 0.3 is 0 Å². The smallest absolute Gasteiger partial charge is 0.233 e. The van der Waals surface area contributed by atoms with Crippen LogP contribution in [0.25, 0.3) is 11.3 Å². The number of rotatable bonds is 4. The fourth-order valence-electron chi connectivity index (χ4n) is 3.48. The monoisotopic (exact) mass is 357 g/mol. The maximum atomic E-state index is 6.21. The molecule has 0 aliphatic carbocycles. The van der Waals surface area contributed by atoms with Gasteiger partial charge < -0.3 is 0 Å². The van der Waals surface area contributed by atoms with Gasteiger partial charge in [-0.1, -0.05) is 53.5 Å². The highest BCUT2D eigenvalue weighted by Gasteiger charge is 2.28. The maximum absolute atomic E-state index is 6.21.